The van der Waals surface area contributed by atoms with Crippen LogP contribution in [-0.2, 0) is 4.79 Å². The van der Waals surface area contributed by atoms with Crippen molar-refractivity contribution >= 4 is 12.0 Å². The van der Waals surface area contributed by atoms with E-state index in [-0.39, 0.29) is 17.4 Å². The van der Waals surface area contributed by atoms with Crippen LogP contribution in [0.15, 0.2) is 0 Å². The Kier molecular flexibility index (Phi) is 4.59. The molecule has 0 spiro atoms. The minimum absolute atomic E-state index is 0.118. The van der Waals surface area contributed by atoms with Crippen LogP contribution in [0, 0.1) is 11.3 Å². The maximum Gasteiger partial charge on any atom is 0.326 e. The van der Waals surface area contributed by atoms with E-state index >= 15 is 0 Å². The number of carboxylic acid groups (broad SMARTS) is 1. The molecule has 1 heterocycles. The molecule has 0 bridgehead atoms. The molecule has 2 N–H and O–H groups in total. The van der Waals surface area contributed by atoms with Crippen molar-refractivity contribution in [2.24, 2.45) is 11.3 Å². The largest absolute Gasteiger partial charge is 0.480 e. The molecule has 1 atom stereocenters. The van der Waals surface area contributed by atoms with Gasteiger partial charge in [0, 0.05) is 13.1 Å². The summed E-state index contributed by atoms with van der Waals surface area (Å²) in [6, 6.07) is -1.07. The van der Waals surface area contributed by atoms with E-state index in [1.54, 1.807) is 18.7 Å². The van der Waals surface area contributed by atoms with E-state index in [2.05, 4.69) is 19.2 Å². The maximum atomic E-state index is 12.0. The fourth-order valence-electron chi connectivity index (χ4n) is 2.05. The fourth-order valence-corrected chi connectivity index (χ4v) is 2.05. The summed E-state index contributed by atoms with van der Waals surface area (Å²) in [5.41, 5.74) is 0.279. The third kappa shape index (κ3) is 3.89. The molecule has 1 fully saturated rings. The molecule has 0 aromatic carbocycles. The van der Waals surface area contributed by atoms with Gasteiger partial charge in [0.2, 0.25) is 0 Å². The summed E-state index contributed by atoms with van der Waals surface area (Å²) in [4.78, 5) is 24.7. The minimum atomic E-state index is -0.976. The van der Waals surface area contributed by atoms with E-state index in [9.17, 15) is 9.59 Å². The highest BCUT2D eigenvalue weighted by atomic mass is 16.4. The molecular weight excluding hydrogens is 232 g/mol. The first-order valence-corrected chi connectivity index (χ1v) is 6.51. The molecule has 18 heavy (non-hydrogen) atoms. The lowest BCUT2D eigenvalue weighted by molar-refractivity contribution is -0.140. The van der Waals surface area contributed by atoms with Crippen molar-refractivity contribution in [2.75, 3.05) is 13.1 Å². The van der Waals surface area contributed by atoms with Crippen LogP contribution in [0.3, 0.4) is 0 Å². The van der Waals surface area contributed by atoms with Crippen LogP contribution in [-0.4, -0.2) is 41.1 Å². The van der Waals surface area contributed by atoms with Crippen molar-refractivity contribution in [1.29, 1.82) is 0 Å². The molecule has 1 rings (SSSR count). The SMILES string of the molecule is CC(C)[C@H](NC(=O)N1CCC(C)(C)CC1)C(=O)O. The summed E-state index contributed by atoms with van der Waals surface area (Å²) in [6.45, 7) is 9.36. The van der Waals surface area contributed by atoms with Gasteiger partial charge in [-0.05, 0) is 24.2 Å². The summed E-state index contributed by atoms with van der Waals surface area (Å²) in [7, 11) is 0. The van der Waals surface area contributed by atoms with Crippen LogP contribution >= 0.6 is 0 Å². The Balaban J connectivity index is 2.53. The highest BCUT2D eigenvalue weighted by Gasteiger charge is 2.30. The number of carbonyl (C=O) groups is 2. The molecule has 0 aromatic heterocycles. The van der Waals surface area contributed by atoms with E-state index in [4.69, 9.17) is 5.11 Å². The molecule has 2 amide bonds. The number of hydrogen-bond acceptors (Lipinski definition) is 2. The molecule has 1 saturated heterocycles. The number of likely N-dealkylation sites (tertiary alicyclic amines) is 1. The van der Waals surface area contributed by atoms with Gasteiger partial charge in [-0.3, -0.25) is 0 Å². The average Bonchev–Trinajstić information content (AvgIpc) is 2.24. The standard InChI is InChI=1S/C13H24N2O3/c1-9(2)10(11(16)17)14-12(18)15-7-5-13(3,4)6-8-15/h9-10H,5-8H2,1-4H3,(H,14,18)(H,16,17)/t10-/m0/s1. The van der Waals surface area contributed by atoms with Crippen LogP contribution < -0.4 is 5.32 Å². The number of piperidine rings is 1. The zero-order valence-corrected chi connectivity index (χ0v) is 11.7. The van der Waals surface area contributed by atoms with E-state index in [1.165, 1.54) is 0 Å². The second-order valence-corrected chi connectivity index (χ2v) is 6.16. The van der Waals surface area contributed by atoms with Gasteiger partial charge in [0.25, 0.3) is 0 Å². The molecule has 104 valence electrons. The molecule has 0 aromatic rings. The van der Waals surface area contributed by atoms with Gasteiger partial charge in [-0.25, -0.2) is 9.59 Å². The van der Waals surface area contributed by atoms with Gasteiger partial charge in [0.15, 0.2) is 0 Å². The fraction of sp³-hybridized carbons (Fsp3) is 0.846. The summed E-state index contributed by atoms with van der Waals surface area (Å²) in [6.07, 6.45) is 1.92. The zero-order valence-electron chi connectivity index (χ0n) is 11.7. The third-order valence-electron chi connectivity index (χ3n) is 3.62. The van der Waals surface area contributed by atoms with Crippen molar-refractivity contribution in [2.45, 2.75) is 46.6 Å². The highest BCUT2D eigenvalue weighted by Crippen LogP contribution is 2.29. The number of nitrogens with one attached hydrogen (secondary N) is 1. The van der Waals surface area contributed by atoms with Crippen LogP contribution in [0.1, 0.15) is 40.5 Å². The van der Waals surface area contributed by atoms with Crippen LogP contribution in [0.4, 0.5) is 4.79 Å². The topological polar surface area (TPSA) is 69.6 Å². The lowest BCUT2D eigenvalue weighted by Gasteiger charge is -2.37. The second kappa shape index (κ2) is 5.59. The number of hydrogen-bond donors (Lipinski definition) is 2. The first kappa shape index (κ1) is 14.8. The van der Waals surface area contributed by atoms with Gasteiger partial charge in [0.05, 0.1) is 0 Å². The van der Waals surface area contributed by atoms with Crippen LogP contribution in [0.25, 0.3) is 0 Å². The Morgan fingerprint density at radius 2 is 1.72 bits per heavy atom. The number of nitrogens with zero attached hydrogens (tertiary/aromatic N) is 1. The maximum absolute atomic E-state index is 12.0. The molecule has 1 aliphatic rings. The van der Waals surface area contributed by atoms with Gasteiger partial charge >= 0.3 is 12.0 Å². The van der Waals surface area contributed by atoms with Crippen molar-refractivity contribution in [3.05, 3.63) is 0 Å². The van der Waals surface area contributed by atoms with Crippen LogP contribution in [0.5, 0.6) is 0 Å². The van der Waals surface area contributed by atoms with Crippen molar-refractivity contribution in [3.63, 3.8) is 0 Å². The highest BCUT2D eigenvalue weighted by molar-refractivity contribution is 5.82. The van der Waals surface area contributed by atoms with Crippen LogP contribution in [0.2, 0.25) is 0 Å². The summed E-state index contributed by atoms with van der Waals surface area (Å²) < 4.78 is 0. The average molecular weight is 256 g/mol. The first-order chi connectivity index (χ1) is 8.23. The lowest BCUT2D eigenvalue weighted by atomic mass is 9.83. The molecule has 5 nitrogen and oxygen atoms in total. The number of aliphatic carboxylic acids is 1. The van der Waals surface area contributed by atoms with Gasteiger partial charge in [0.1, 0.15) is 6.04 Å². The van der Waals surface area contributed by atoms with Crippen molar-refractivity contribution in [3.8, 4) is 0 Å². The molecule has 0 saturated carbocycles. The number of amides is 2. The van der Waals surface area contributed by atoms with Crippen molar-refractivity contribution in [1.82, 2.24) is 10.2 Å². The Morgan fingerprint density at radius 3 is 2.11 bits per heavy atom. The first-order valence-electron chi connectivity index (χ1n) is 6.51. The lowest BCUT2D eigenvalue weighted by Crippen LogP contribution is -2.52. The smallest absolute Gasteiger partial charge is 0.326 e. The molecule has 0 unspecified atom stereocenters. The molecule has 0 radical (unpaired) electrons. The predicted molar refractivity (Wildman–Crippen MR) is 69.4 cm³/mol. The van der Waals surface area contributed by atoms with E-state index in [0.717, 1.165) is 12.8 Å². The summed E-state index contributed by atoms with van der Waals surface area (Å²) in [5, 5.41) is 11.6. The van der Waals surface area contributed by atoms with Gasteiger partial charge < -0.3 is 15.3 Å². The number of rotatable bonds is 3. The Morgan fingerprint density at radius 1 is 1.22 bits per heavy atom. The minimum Gasteiger partial charge on any atom is -0.480 e. The zero-order chi connectivity index (χ0) is 13.9. The summed E-state index contributed by atoms with van der Waals surface area (Å²) in [5.74, 6) is -1.09. The Labute approximate surface area is 109 Å². The predicted octanol–water partition coefficient (Wildman–Crippen LogP) is 1.93. The van der Waals surface area contributed by atoms with E-state index in [0.29, 0.717) is 13.1 Å². The van der Waals surface area contributed by atoms with Gasteiger partial charge in [-0.15, -0.1) is 0 Å². The van der Waals surface area contributed by atoms with Gasteiger partial charge in [-0.2, -0.15) is 0 Å². The van der Waals surface area contributed by atoms with E-state index < -0.39 is 12.0 Å². The summed E-state index contributed by atoms with van der Waals surface area (Å²) >= 11 is 0. The normalized spacial score (nSPS) is 20.6. The number of carbonyl (C=O) groups excluding carboxylic acids is 1. The second-order valence-electron chi connectivity index (χ2n) is 6.16. The number of urea groups is 1. The molecule has 5 heteroatoms. The van der Waals surface area contributed by atoms with Gasteiger partial charge in [-0.1, -0.05) is 27.7 Å². The van der Waals surface area contributed by atoms with Crippen molar-refractivity contribution < 1.29 is 14.7 Å². The monoisotopic (exact) mass is 256 g/mol. The molecular formula is C13H24N2O3. The molecule has 1 aliphatic heterocycles. The Bertz CT molecular complexity index is 316. The molecule has 0 aliphatic carbocycles. The van der Waals surface area contributed by atoms with E-state index in [1.807, 2.05) is 0 Å². The number of carboxylic acids is 1. The Hall–Kier alpha value is -1.26. The third-order valence-corrected chi connectivity index (χ3v) is 3.62. The quantitative estimate of drug-likeness (QED) is 0.810.